The highest BCUT2D eigenvalue weighted by Crippen LogP contribution is 2.20. The standard InChI is InChI=1S/C17H22N4O3/c1-12(2)21-11-18-14-10-13(4-5-15(14)21)16(22)19-6-8-20(9-7-19)17(23)24-3/h4-5,10-12H,6-9H2,1-3H3. The molecule has 1 fully saturated rings. The molecule has 1 aromatic heterocycles. The zero-order valence-corrected chi connectivity index (χ0v) is 14.2. The molecule has 2 amide bonds. The number of hydrogen-bond acceptors (Lipinski definition) is 4. The highest BCUT2D eigenvalue weighted by Gasteiger charge is 2.25. The molecule has 0 atom stereocenters. The highest BCUT2D eigenvalue weighted by atomic mass is 16.5. The lowest BCUT2D eigenvalue weighted by Gasteiger charge is -2.33. The van der Waals surface area contributed by atoms with Crippen molar-refractivity contribution >= 4 is 23.0 Å². The zero-order chi connectivity index (χ0) is 17.3. The van der Waals surface area contributed by atoms with E-state index in [1.54, 1.807) is 16.1 Å². The van der Waals surface area contributed by atoms with Crippen molar-refractivity contribution in [1.82, 2.24) is 19.4 Å². The molecule has 3 rings (SSSR count). The number of hydrogen-bond donors (Lipinski definition) is 0. The molecule has 1 aliphatic rings. The number of rotatable bonds is 2. The molecule has 0 aliphatic carbocycles. The second-order valence-corrected chi connectivity index (χ2v) is 6.20. The van der Waals surface area contributed by atoms with Crippen molar-refractivity contribution in [3.8, 4) is 0 Å². The van der Waals surface area contributed by atoms with E-state index in [2.05, 4.69) is 23.4 Å². The second kappa shape index (κ2) is 6.51. The van der Waals surface area contributed by atoms with Gasteiger partial charge in [-0.05, 0) is 32.0 Å². The first-order valence-corrected chi connectivity index (χ1v) is 8.10. The van der Waals surface area contributed by atoms with Crippen LogP contribution in [0.5, 0.6) is 0 Å². The normalized spacial score (nSPS) is 15.2. The van der Waals surface area contributed by atoms with Crippen LogP contribution in [0.2, 0.25) is 0 Å². The van der Waals surface area contributed by atoms with Crippen LogP contribution in [-0.4, -0.2) is 64.6 Å². The van der Waals surface area contributed by atoms with Crippen LogP contribution in [-0.2, 0) is 4.74 Å². The van der Waals surface area contributed by atoms with Crippen LogP contribution in [0.15, 0.2) is 24.5 Å². The van der Waals surface area contributed by atoms with Gasteiger partial charge in [0.2, 0.25) is 0 Å². The summed E-state index contributed by atoms with van der Waals surface area (Å²) in [5.74, 6) is -0.0273. The molecular weight excluding hydrogens is 308 g/mol. The molecule has 7 nitrogen and oxygen atoms in total. The van der Waals surface area contributed by atoms with Crippen molar-refractivity contribution in [1.29, 1.82) is 0 Å². The number of aromatic nitrogens is 2. The average Bonchev–Trinajstić information content (AvgIpc) is 3.04. The van der Waals surface area contributed by atoms with Gasteiger partial charge in [-0.15, -0.1) is 0 Å². The number of methoxy groups -OCH3 is 1. The smallest absolute Gasteiger partial charge is 0.409 e. The Balaban J connectivity index is 1.74. The molecule has 0 unspecified atom stereocenters. The summed E-state index contributed by atoms with van der Waals surface area (Å²) >= 11 is 0. The number of carbonyl (C=O) groups excluding carboxylic acids is 2. The predicted molar refractivity (Wildman–Crippen MR) is 90.0 cm³/mol. The minimum atomic E-state index is -0.345. The quantitative estimate of drug-likeness (QED) is 0.846. The summed E-state index contributed by atoms with van der Waals surface area (Å²) in [6.45, 7) is 6.19. The molecular formula is C17H22N4O3. The molecule has 128 valence electrons. The van der Waals surface area contributed by atoms with Crippen molar-refractivity contribution < 1.29 is 14.3 Å². The molecule has 0 radical (unpaired) electrons. The zero-order valence-electron chi connectivity index (χ0n) is 14.2. The van der Waals surface area contributed by atoms with E-state index in [9.17, 15) is 9.59 Å². The summed E-state index contributed by atoms with van der Waals surface area (Å²) in [4.78, 5) is 32.0. The first-order valence-electron chi connectivity index (χ1n) is 8.10. The maximum Gasteiger partial charge on any atom is 0.409 e. The van der Waals surface area contributed by atoms with Gasteiger partial charge in [0, 0.05) is 37.8 Å². The lowest BCUT2D eigenvalue weighted by Crippen LogP contribution is -2.50. The Kier molecular flexibility index (Phi) is 4.42. The molecule has 1 aromatic carbocycles. The van der Waals surface area contributed by atoms with Gasteiger partial charge in [0.05, 0.1) is 24.5 Å². The maximum absolute atomic E-state index is 12.7. The molecule has 1 saturated heterocycles. The molecule has 1 aliphatic heterocycles. The maximum atomic E-state index is 12.7. The summed E-state index contributed by atoms with van der Waals surface area (Å²) in [6.07, 6.45) is 1.46. The van der Waals surface area contributed by atoms with Gasteiger partial charge in [-0.1, -0.05) is 0 Å². The second-order valence-electron chi connectivity index (χ2n) is 6.20. The van der Waals surface area contributed by atoms with Gasteiger partial charge in [-0.25, -0.2) is 9.78 Å². The van der Waals surface area contributed by atoms with Crippen LogP contribution in [0.3, 0.4) is 0 Å². The molecule has 2 heterocycles. The molecule has 2 aromatic rings. The number of fused-ring (bicyclic) bond motifs is 1. The molecule has 0 bridgehead atoms. The number of carbonyl (C=O) groups is 2. The average molecular weight is 330 g/mol. The van der Waals surface area contributed by atoms with E-state index >= 15 is 0 Å². The lowest BCUT2D eigenvalue weighted by atomic mass is 10.1. The third-order valence-electron chi connectivity index (χ3n) is 4.38. The van der Waals surface area contributed by atoms with Crippen LogP contribution in [0, 0.1) is 0 Å². The van der Waals surface area contributed by atoms with Gasteiger partial charge in [0.1, 0.15) is 0 Å². The molecule has 0 saturated carbocycles. The Bertz CT molecular complexity index is 760. The number of imidazole rings is 1. The van der Waals surface area contributed by atoms with E-state index < -0.39 is 0 Å². The number of benzene rings is 1. The van der Waals surface area contributed by atoms with E-state index in [1.165, 1.54) is 7.11 Å². The Morgan fingerprint density at radius 2 is 1.79 bits per heavy atom. The van der Waals surface area contributed by atoms with Crippen molar-refractivity contribution in [2.75, 3.05) is 33.3 Å². The van der Waals surface area contributed by atoms with Crippen LogP contribution < -0.4 is 0 Å². The monoisotopic (exact) mass is 330 g/mol. The Morgan fingerprint density at radius 1 is 1.12 bits per heavy atom. The van der Waals surface area contributed by atoms with E-state index in [-0.39, 0.29) is 12.0 Å². The third kappa shape index (κ3) is 2.93. The fourth-order valence-electron chi connectivity index (χ4n) is 2.98. The van der Waals surface area contributed by atoms with Crippen LogP contribution in [0.1, 0.15) is 30.2 Å². The molecule has 0 N–H and O–H groups in total. The molecule has 0 spiro atoms. The molecule has 24 heavy (non-hydrogen) atoms. The summed E-state index contributed by atoms with van der Waals surface area (Å²) < 4.78 is 6.79. The van der Waals surface area contributed by atoms with E-state index in [0.29, 0.717) is 37.8 Å². The fraction of sp³-hybridized carbons (Fsp3) is 0.471. The SMILES string of the molecule is COC(=O)N1CCN(C(=O)c2ccc3c(c2)ncn3C(C)C)CC1. The largest absolute Gasteiger partial charge is 0.453 e. The first-order chi connectivity index (χ1) is 11.5. The minimum Gasteiger partial charge on any atom is -0.453 e. The van der Waals surface area contributed by atoms with Gasteiger partial charge in [-0.3, -0.25) is 4.79 Å². The lowest BCUT2D eigenvalue weighted by molar-refractivity contribution is 0.0600. The van der Waals surface area contributed by atoms with Gasteiger partial charge in [0.25, 0.3) is 5.91 Å². The number of nitrogens with zero attached hydrogens (tertiary/aromatic N) is 4. The van der Waals surface area contributed by atoms with Crippen LogP contribution in [0.4, 0.5) is 4.79 Å². The number of ether oxygens (including phenoxy) is 1. The van der Waals surface area contributed by atoms with Gasteiger partial charge >= 0.3 is 6.09 Å². The first kappa shape index (κ1) is 16.3. The van der Waals surface area contributed by atoms with E-state index in [0.717, 1.165) is 11.0 Å². The number of piperazine rings is 1. The van der Waals surface area contributed by atoms with Crippen molar-refractivity contribution in [3.63, 3.8) is 0 Å². The van der Waals surface area contributed by atoms with E-state index in [4.69, 9.17) is 4.74 Å². The minimum absolute atomic E-state index is 0.0273. The Hall–Kier alpha value is -2.57. The van der Waals surface area contributed by atoms with Crippen LogP contribution in [0.25, 0.3) is 11.0 Å². The number of amides is 2. The van der Waals surface area contributed by atoms with Crippen molar-refractivity contribution in [2.24, 2.45) is 0 Å². The summed E-state index contributed by atoms with van der Waals surface area (Å²) in [6, 6.07) is 5.95. The Morgan fingerprint density at radius 3 is 2.42 bits per heavy atom. The topological polar surface area (TPSA) is 67.7 Å². The third-order valence-corrected chi connectivity index (χ3v) is 4.38. The van der Waals surface area contributed by atoms with Gasteiger partial charge in [0.15, 0.2) is 0 Å². The van der Waals surface area contributed by atoms with Gasteiger partial charge in [-0.2, -0.15) is 0 Å². The van der Waals surface area contributed by atoms with Crippen LogP contribution >= 0.6 is 0 Å². The van der Waals surface area contributed by atoms with Crippen molar-refractivity contribution in [2.45, 2.75) is 19.9 Å². The van der Waals surface area contributed by atoms with Crippen molar-refractivity contribution in [3.05, 3.63) is 30.1 Å². The summed E-state index contributed by atoms with van der Waals surface area (Å²) in [5.41, 5.74) is 2.47. The Labute approximate surface area is 140 Å². The highest BCUT2D eigenvalue weighted by molar-refractivity contribution is 5.97. The predicted octanol–water partition coefficient (Wildman–Crippen LogP) is 2.14. The van der Waals surface area contributed by atoms with E-state index in [1.807, 2.05) is 18.2 Å². The summed E-state index contributed by atoms with van der Waals surface area (Å²) in [7, 11) is 1.37. The fourth-order valence-corrected chi connectivity index (χ4v) is 2.98. The summed E-state index contributed by atoms with van der Waals surface area (Å²) in [5, 5.41) is 0. The molecule has 7 heteroatoms. The van der Waals surface area contributed by atoms with Gasteiger partial charge < -0.3 is 19.1 Å².